The number of hydrogen-bond donors (Lipinski definition) is 0. The van der Waals surface area contributed by atoms with Crippen LogP contribution in [0.3, 0.4) is 0 Å². The highest BCUT2D eigenvalue weighted by Gasteiger charge is 2.22. The number of fused-ring (bicyclic) bond motifs is 6. The molecule has 55 heavy (non-hydrogen) atoms. The zero-order valence-electron chi connectivity index (χ0n) is 30.8. The molecule has 1 aliphatic carbocycles. The normalized spacial score (nSPS) is 14.2. The first-order chi connectivity index (χ1) is 27.2. The number of hydrogen-bond acceptors (Lipinski definition) is 0. The van der Waals surface area contributed by atoms with Crippen LogP contribution in [-0.4, -0.2) is 9.13 Å². The van der Waals surface area contributed by atoms with E-state index in [9.17, 15) is 0 Å². The third kappa shape index (κ3) is 6.02. The van der Waals surface area contributed by atoms with Crippen LogP contribution in [-0.2, 0) is 0 Å². The molecule has 0 amide bonds. The number of rotatable bonds is 7. The lowest BCUT2D eigenvalue weighted by molar-refractivity contribution is 0.773. The Hall–Kier alpha value is -6.90. The minimum atomic E-state index is 0.524. The van der Waals surface area contributed by atoms with Crippen LogP contribution in [0.1, 0.15) is 52.8 Å². The van der Waals surface area contributed by atoms with Gasteiger partial charge in [-0.25, -0.2) is 0 Å². The largest absolute Gasteiger partial charge is 0.310 e. The van der Waals surface area contributed by atoms with Gasteiger partial charge < -0.3 is 9.13 Å². The van der Waals surface area contributed by atoms with Crippen LogP contribution in [0.4, 0.5) is 0 Å². The SMILES string of the molecule is CC1CC=Cc2c1c1ccccc1n2-c1ccc(/C=C/c2ccc(-c3ccc(/C=C/c4ccc(-n5c6ccccc6c6ccccc65)cc4)cc3)cc2)cc1. The van der Waals surface area contributed by atoms with Crippen molar-refractivity contribution in [3.8, 4) is 22.5 Å². The molecule has 1 atom stereocenters. The van der Waals surface area contributed by atoms with E-state index in [4.69, 9.17) is 0 Å². The van der Waals surface area contributed by atoms with Gasteiger partial charge in [-0.2, -0.15) is 0 Å². The minimum Gasteiger partial charge on any atom is -0.310 e. The molecule has 2 nitrogen and oxygen atoms in total. The molecule has 2 heterocycles. The monoisotopic (exact) mass is 704 g/mol. The number of nitrogens with zero attached hydrogens (tertiary/aromatic N) is 2. The predicted molar refractivity (Wildman–Crippen MR) is 236 cm³/mol. The van der Waals surface area contributed by atoms with Gasteiger partial charge in [-0.15, -0.1) is 0 Å². The summed E-state index contributed by atoms with van der Waals surface area (Å²) < 4.78 is 4.77. The number of para-hydroxylation sites is 3. The zero-order chi connectivity index (χ0) is 36.7. The molecule has 0 bridgehead atoms. The Balaban J connectivity index is 0.807. The highest BCUT2D eigenvalue weighted by atomic mass is 15.0. The van der Waals surface area contributed by atoms with E-state index in [1.807, 2.05) is 0 Å². The lowest BCUT2D eigenvalue weighted by Crippen LogP contribution is -2.02. The van der Waals surface area contributed by atoms with E-state index in [0.29, 0.717) is 5.92 Å². The molecule has 1 aliphatic rings. The van der Waals surface area contributed by atoms with E-state index < -0.39 is 0 Å². The maximum absolute atomic E-state index is 2.42. The van der Waals surface area contributed by atoms with Crippen molar-refractivity contribution in [3.05, 3.63) is 209 Å². The Morgan fingerprint density at radius 2 is 0.800 bits per heavy atom. The highest BCUT2D eigenvalue weighted by Crippen LogP contribution is 2.39. The van der Waals surface area contributed by atoms with Crippen LogP contribution in [0.15, 0.2) is 176 Å². The quantitative estimate of drug-likeness (QED) is 0.146. The Kier molecular flexibility index (Phi) is 8.22. The smallest absolute Gasteiger partial charge is 0.0541 e. The Bertz CT molecular complexity index is 2860. The van der Waals surface area contributed by atoms with Gasteiger partial charge in [0.15, 0.2) is 0 Å². The van der Waals surface area contributed by atoms with Gasteiger partial charge in [0.05, 0.1) is 16.6 Å². The Morgan fingerprint density at radius 3 is 1.27 bits per heavy atom. The molecular weight excluding hydrogens is 665 g/mol. The fourth-order valence-electron chi connectivity index (χ4n) is 8.37. The summed E-state index contributed by atoms with van der Waals surface area (Å²) in [6.45, 7) is 2.34. The molecular formula is C53H40N2. The van der Waals surface area contributed by atoms with Crippen LogP contribution in [0.2, 0.25) is 0 Å². The molecule has 9 aromatic rings. The van der Waals surface area contributed by atoms with Crippen molar-refractivity contribution in [3.63, 3.8) is 0 Å². The van der Waals surface area contributed by atoms with Crippen LogP contribution in [0.5, 0.6) is 0 Å². The molecule has 7 aromatic carbocycles. The Morgan fingerprint density at radius 1 is 0.418 bits per heavy atom. The van der Waals surface area contributed by atoms with Gasteiger partial charge in [-0.05, 0) is 99.8 Å². The molecule has 0 aliphatic heterocycles. The summed E-state index contributed by atoms with van der Waals surface area (Å²) in [6.07, 6.45) is 14.5. The molecule has 2 heteroatoms. The topological polar surface area (TPSA) is 9.86 Å². The van der Waals surface area contributed by atoms with E-state index in [0.717, 1.165) is 6.42 Å². The van der Waals surface area contributed by atoms with E-state index >= 15 is 0 Å². The molecule has 0 spiro atoms. The third-order valence-electron chi connectivity index (χ3n) is 11.2. The van der Waals surface area contributed by atoms with Gasteiger partial charge in [0.25, 0.3) is 0 Å². The molecule has 0 saturated heterocycles. The Labute approximate surface area is 322 Å². The van der Waals surface area contributed by atoms with Crippen molar-refractivity contribution >= 4 is 63.1 Å². The molecule has 1 unspecified atom stereocenters. The second kappa shape index (κ2) is 13.8. The first-order valence-electron chi connectivity index (χ1n) is 19.2. The molecule has 2 aromatic heterocycles. The minimum absolute atomic E-state index is 0.524. The number of allylic oxidation sites excluding steroid dienone is 1. The van der Waals surface area contributed by atoms with Crippen molar-refractivity contribution in [1.82, 2.24) is 9.13 Å². The molecule has 0 N–H and O–H groups in total. The van der Waals surface area contributed by atoms with E-state index in [2.05, 4.69) is 222 Å². The second-order valence-corrected chi connectivity index (χ2v) is 14.7. The summed E-state index contributed by atoms with van der Waals surface area (Å²) in [7, 11) is 0. The third-order valence-corrected chi connectivity index (χ3v) is 11.2. The van der Waals surface area contributed by atoms with Gasteiger partial charge in [0.1, 0.15) is 0 Å². The average molecular weight is 705 g/mol. The van der Waals surface area contributed by atoms with Gasteiger partial charge >= 0.3 is 0 Å². The van der Waals surface area contributed by atoms with Crippen molar-refractivity contribution in [2.24, 2.45) is 0 Å². The first kappa shape index (κ1) is 32.7. The van der Waals surface area contributed by atoms with E-state index in [-0.39, 0.29) is 0 Å². The van der Waals surface area contributed by atoms with Crippen LogP contribution < -0.4 is 0 Å². The first-order valence-corrected chi connectivity index (χ1v) is 19.2. The maximum atomic E-state index is 2.42. The number of aromatic nitrogens is 2. The molecule has 0 saturated carbocycles. The summed E-state index contributed by atoms with van der Waals surface area (Å²) in [4.78, 5) is 0. The molecule has 0 fully saturated rings. The fourth-order valence-corrected chi connectivity index (χ4v) is 8.37. The lowest BCUT2D eigenvalue weighted by Gasteiger charge is -2.16. The van der Waals surface area contributed by atoms with Gasteiger partial charge in [-0.1, -0.05) is 165 Å². The standard InChI is InChI=1S/C53H40N2/c1-37-9-8-16-52-53(37)48-12-4-7-15-51(48)55(52)45-35-27-41(28-36-45)20-18-39-23-31-43(32-24-39)42-29-21-38(22-30-42)17-19-40-25-33-44(34-26-40)54-49-13-5-2-10-46(49)47-11-3-6-14-50(47)54/h2-8,10-37H,9H2,1H3/b19-17+,20-18+. The lowest BCUT2D eigenvalue weighted by atomic mass is 9.91. The summed E-state index contributed by atoms with van der Waals surface area (Å²) in [5, 5.41) is 3.93. The van der Waals surface area contributed by atoms with Crippen molar-refractivity contribution < 1.29 is 0 Å². The molecule has 10 rings (SSSR count). The van der Waals surface area contributed by atoms with E-state index in [1.165, 1.54) is 88.7 Å². The van der Waals surface area contributed by atoms with Crippen molar-refractivity contribution in [2.45, 2.75) is 19.3 Å². The van der Waals surface area contributed by atoms with Crippen LogP contribution in [0, 0.1) is 0 Å². The summed E-state index contributed by atoms with van der Waals surface area (Å²) >= 11 is 0. The maximum Gasteiger partial charge on any atom is 0.0541 e. The van der Waals surface area contributed by atoms with Crippen LogP contribution in [0.25, 0.3) is 85.6 Å². The van der Waals surface area contributed by atoms with Gasteiger partial charge in [0, 0.05) is 33.2 Å². The highest BCUT2D eigenvalue weighted by molar-refractivity contribution is 6.09. The van der Waals surface area contributed by atoms with Gasteiger partial charge in [0.2, 0.25) is 0 Å². The summed E-state index contributed by atoms with van der Waals surface area (Å²) in [5.74, 6) is 0.524. The van der Waals surface area contributed by atoms with Crippen molar-refractivity contribution in [1.29, 1.82) is 0 Å². The fraction of sp³-hybridized carbons (Fsp3) is 0.0566. The van der Waals surface area contributed by atoms with Crippen LogP contribution >= 0.6 is 0 Å². The number of benzene rings is 7. The van der Waals surface area contributed by atoms with Crippen molar-refractivity contribution in [2.75, 3.05) is 0 Å². The predicted octanol–water partition coefficient (Wildman–Crippen LogP) is 14.3. The average Bonchev–Trinajstić information content (AvgIpc) is 3.77. The summed E-state index contributed by atoms with van der Waals surface area (Å²) in [6, 6.07) is 61.5. The second-order valence-electron chi connectivity index (χ2n) is 14.7. The summed E-state index contributed by atoms with van der Waals surface area (Å²) in [5.41, 5.74) is 16.0. The molecule has 262 valence electrons. The van der Waals surface area contributed by atoms with E-state index in [1.54, 1.807) is 0 Å². The van der Waals surface area contributed by atoms with Gasteiger partial charge in [-0.3, -0.25) is 0 Å². The molecule has 0 radical (unpaired) electrons. The zero-order valence-corrected chi connectivity index (χ0v) is 30.8.